The van der Waals surface area contributed by atoms with E-state index in [1.165, 1.54) is 12.8 Å². The first kappa shape index (κ1) is 17.4. The molecule has 0 bridgehead atoms. The predicted octanol–water partition coefficient (Wildman–Crippen LogP) is 3.72. The van der Waals surface area contributed by atoms with Gasteiger partial charge in [0.25, 0.3) is 0 Å². The van der Waals surface area contributed by atoms with Crippen LogP contribution in [0.2, 0.25) is 0 Å². The zero-order valence-corrected chi connectivity index (χ0v) is 13.9. The Bertz CT molecular complexity index is 284. The molecule has 0 aromatic carbocycles. The number of carbonyl (C=O) groups is 1. The molecule has 19 heavy (non-hydrogen) atoms. The smallest absolute Gasteiger partial charge is 0.223 e. The van der Waals surface area contributed by atoms with Crippen LogP contribution in [0.15, 0.2) is 0 Å². The summed E-state index contributed by atoms with van der Waals surface area (Å²) in [6.45, 7) is 5.72. The van der Waals surface area contributed by atoms with Gasteiger partial charge >= 0.3 is 0 Å². The Hall–Kier alpha value is 0.300. The van der Waals surface area contributed by atoms with Crippen LogP contribution >= 0.6 is 34.8 Å². The van der Waals surface area contributed by atoms with Gasteiger partial charge in [0.05, 0.1) is 0 Å². The van der Waals surface area contributed by atoms with Gasteiger partial charge < -0.3 is 5.32 Å². The molecule has 0 aromatic rings. The highest BCUT2D eigenvalue weighted by Crippen LogP contribution is 2.33. The van der Waals surface area contributed by atoms with Gasteiger partial charge in [0.1, 0.15) is 6.17 Å². The molecule has 1 fully saturated rings. The van der Waals surface area contributed by atoms with Crippen molar-refractivity contribution in [3.63, 3.8) is 0 Å². The molecule has 1 aliphatic heterocycles. The van der Waals surface area contributed by atoms with Crippen molar-refractivity contribution >= 4 is 40.7 Å². The van der Waals surface area contributed by atoms with Crippen molar-refractivity contribution in [2.24, 2.45) is 5.92 Å². The highest BCUT2D eigenvalue weighted by Gasteiger charge is 2.38. The maximum Gasteiger partial charge on any atom is 0.223 e. The maximum absolute atomic E-state index is 11.9. The fourth-order valence-corrected chi connectivity index (χ4v) is 2.89. The van der Waals surface area contributed by atoms with E-state index in [1.807, 2.05) is 13.8 Å². The predicted molar refractivity (Wildman–Crippen MR) is 81.7 cm³/mol. The van der Waals surface area contributed by atoms with Crippen molar-refractivity contribution < 1.29 is 4.79 Å². The minimum atomic E-state index is -1.50. The number of hydrogen-bond acceptors (Lipinski definition) is 2. The molecular formula is C13H23Cl3N2O. The molecule has 112 valence electrons. The van der Waals surface area contributed by atoms with Crippen LogP contribution < -0.4 is 5.32 Å². The summed E-state index contributed by atoms with van der Waals surface area (Å²) in [6.07, 6.45) is 4.47. The average Bonchev–Trinajstić information content (AvgIpc) is 2.51. The van der Waals surface area contributed by atoms with Gasteiger partial charge in [0, 0.05) is 19.5 Å². The van der Waals surface area contributed by atoms with Crippen molar-refractivity contribution in [2.75, 3.05) is 13.1 Å². The number of nitrogens with zero attached hydrogens (tertiary/aromatic N) is 1. The number of rotatable bonds is 4. The zero-order chi connectivity index (χ0) is 14.5. The number of carbonyl (C=O) groups excluding carboxylic acids is 1. The van der Waals surface area contributed by atoms with Crippen LogP contribution in [0.4, 0.5) is 0 Å². The summed E-state index contributed by atoms with van der Waals surface area (Å²) < 4.78 is -1.50. The van der Waals surface area contributed by atoms with E-state index in [2.05, 4.69) is 10.2 Å². The molecule has 3 nitrogen and oxygen atoms in total. The van der Waals surface area contributed by atoms with Crippen LogP contribution in [0.1, 0.15) is 46.0 Å². The van der Waals surface area contributed by atoms with Crippen LogP contribution in [-0.4, -0.2) is 33.9 Å². The number of halogens is 3. The van der Waals surface area contributed by atoms with Crippen molar-refractivity contribution in [1.29, 1.82) is 0 Å². The standard InChI is InChI=1S/C13H23Cl3N2O/c1-10(2)9-11(19)17-12(13(14,15)16)18-7-5-3-4-6-8-18/h10,12H,3-9H2,1-2H3,(H,17,19)/t12-/m0/s1. The lowest BCUT2D eigenvalue weighted by molar-refractivity contribution is -0.123. The lowest BCUT2D eigenvalue weighted by Crippen LogP contribution is -2.55. The van der Waals surface area contributed by atoms with Gasteiger partial charge in [-0.3, -0.25) is 9.69 Å². The highest BCUT2D eigenvalue weighted by atomic mass is 35.6. The van der Waals surface area contributed by atoms with E-state index < -0.39 is 9.96 Å². The van der Waals surface area contributed by atoms with Crippen LogP contribution in [0.3, 0.4) is 0 Å². The first-order valence-corrected chi connectivity index (χ1v) is 8.04. The summed E-state index contributed by atoms with van der Waals surface area (Å²) in [5.41, 5.74) is 0. The van der Waals surface area contributed by atoms with E-state index >= 15 is 0 Å². The minimum Gasteiger partial charge on any atom is -0.337 e. The molecule has 1 amide bonds. The summed E-state index contributed by atoms with van der Waals surface area (Å²) in [6, 6.07) is 0. The fourth-order valence-electron chi connectivity index (χ4n) is 2.32. The third-order valence-corrected chi connectivity index (χ3v) is 3.83. The molecule has 1 rings (SSSR count). The Morgan fingerprint density at radius 1 is 1.16 bits per heavy atom. The van der Waals surface area contributed by atoms with E-state index in [9.17, 15) is 4.79 Å². The SMILES string of the molecule is CC(C)CC(=O)N[C@@H](N1CCCCCC1)C(Cl)(Cl)Cl. The number of hydrogen-bond donors (Lipinski definition) is 1. The molecule has 0 radical (unpaired) electrons. The van der Waals surface area contributed by atoms with Crippen LogP contribution in [0.25, 0.3) is 0 Å². The Kier molecular flexibility index (Phi) is 7.23. The molecule has 0 saturated carbocycles. The van der Waals surface area contributed by atoms with Crippen molar-refractivity contribution in [2.45, 2.75) is 55.9 Å². The summed E-state index contributed by atoms with van der Waals surface area (Å²) in [7, 11) is 0. The van der Waals surface area contributed by atoms with Gasteiger partial charge in [0.15, 0.2) is 0 Å². The topological polar surface area (TPSA) is 32.3 Å². The van der Waals surface area contributed by atoms with Crippen LogP contribution in [0, 0.1) is 5.92 Å². The quantitative estimate of drug-likeness (QED) is 0.797. The third kappa shape index (κ3) is 6.52. The lowest BCUT2D eigenvalue weighted by Gasteiger charge is -2.35. The maximum atomic E-state index is 11.9. The Balaban J connectivity index is 2.68. The molecule has 1 N–H and O–H groups in total. The molecule has 0 aromatic heterocycles. The van der Waals surface area contributed by atoms with E-state index in [4.69, 9.17) is 34.8 Å². The molecule has 1 atom stereocenters. The average molecular weight is 330 g/mol. The first-order chi connectivity index (χ1) is 8.80. The number of nitrogens with one attached hydrogen (secondary N) is 1. The van der Waals surface area contributed by atoms with Crippen molar-refractivity contribution in [3.05, 3.63) is 0 Å². The lowest BCUT2D eigenvalue weighted by atomic mass is 10.1. The summed E-state index contributed by atoms with van der Waals surface area (Å²) >= 11 is 18.1. The second-order valence-electron chi connectivity index (χ2n) is 5.56. The van der Waals surface area contributed by atoms with E-state index in [-0.39, 0.29) is 5.91 Å². The van der Waals surface area contributed by atoms with E-state index in [0.717, 1.165) is 25.9 Å². The Morgan fingerprint density at radius 2 is 1.68 bits per heavy atom. The number of likely N-dealkylation sites (tertiary alicyclic amines) is 1. The summed E-state index contributed by atoms with van der Waals surface area (Å²) in [5, 5.41) is 2.88. The molecule has 0 unspecified atom stereocenters. The monoisotopic (exact) mass is 328 g/mol. The van der Waals surface area contributed by atoms with Gasteiger partial charge in [-0.1, -0.05) is 61.5 Å². The van der Waals surface area contributed by atoms with Gasteiger partial charge in [-0.05, 0) is 18.8 Å². The van der Waals surface area contributed by atoms with E-state index in [0.29, 0.717) is 12.3 Å². The Morgan fingerprint density at radius 3 is 2.11 bits per heavy atom. The second-order valence-corrected chi connectivity index (χ2v) is 7.93. The Labute approximate surface area is 130 Å². The summed E-state index contributed by atoms with van der Waals surface area (Å²) in [5.74, 6) is 0.232. The third-order valence-electron chi connectivity index (χ3n) is 3.21. The number of amides is 1. The molecule has 1 saturated heterocycles. The highest BCUT2D eigenvalue weighted by molar-refractivity contribution is 6.68. The number of alkyl halides is 3. The zero-order valence-electron chi connectivity index (χ0n) is 11.6. The van der Waals surface area contributed by atoms with Gasteiger partial charge in [-0.25, -0.2) is 0 Å². The van der Waals surface area contributed by atoms with Crippen LogP contribution in [0.5, 0.6) is 0 Å². The molecular weight excluding hydrogens is 307 g/mol. The van der Waals surface area contributed by atoms with Crippen LogP contribution in [-0.2, 0) is 4.79 Å². The van der Waals surface area contributed by atoms with Crippen molar-refractivity contribution in [3.8, 4) is 0 Å². The van der Waals surface area contributed by atoms with Gasteiger partial charge in [-0.2, -0.15) is 0 Å². The normalized spacial score (nSPS) is 20.1. The fraction of sp³-hybridized carbons (Fsp3) is 0.923. The van der Waals surface area contributed by atoms with Gasteiger partial charge in [-0.15, -0.1) is 0 Å². The molecule has 0 aliphatic carbocycles. The first-order valence-electron chi connectivity index (χ1n) is 6.91. The second kappa shape index (κ2) is 7.92. The van der Waals surface area contributed by atoms with Crippen molar-refractivity contribution in [1.82, 2.24) is 10.2 Å². The molecule has 1 aliphatic rings. The molecule has 6 heteroatoms. The van der Waals surface area contributed by atoms with Gasteiger partial charge in [0.2, 0.25) is 9.70 Å². The molecule has 1 heterocycles. The minimum absolute atomic E-state index is 0.0597. The largest absolute Gasteiger partial charge is 0.337 e. The van der Waals surface area contributed by atoms with E-state index in [1.54, 1.807) is 0 Å². The summed E-state index contributed by atoms with van der Waals surface area (Å²) in [4.78, 5) is 14.0. The molecule has 0 spiro atoms.